The molecule has 0 spiro atoms. The highest BCUT2D eigenvalue weighted by atomic mass is 127. The van der Waals surface area contributed by atoms with Crippen LogP contribution < -0.4 is 5.32 Å². The summed E-state index contributed by atoms with van der Waals surface area (Å²) >= 11 is 1.84. The molecule has 2 unspecified atom stereocenters. The number of amides is 1. The maximum absolute atomic E-state index is 12.6. The average Bonchev–Trinajstić information content (AvgIpc) is 3.37. The van der Waals surface area contributed by atoms with Gasteiger partial charge in [-0.25, -0.2) is 19.7 Å². The van der Waals surface area contributed by atoms with Crippen LogP contribution in [0.4, 0.5) is 5.82 Å². The smallest absolute Gasteiger partial charge is 0.361 e. The van der Waals surface area contributed by atoms with Gasteiger partial charge in [0.1, 0.15) is 18.3 Å². The summed E-state index contributed by atoms with van der Waals surface area (Å²) < 4.78 is 27.3. The summed E-state index contributed by atoms with van der Waals surface area (Å²) in [7, 11) is -3.62. The Hall–Kier alpha value is -2.57. The molecule has 15 nitrogen and oxygen atoms in total. The van der Waals surface area contributed by atoms with Gasteiger partial charge in [-0.1, -0.05) is 18.2 Å². The Bertz CT molecular complexity index is 1290. The van der Waals surface area contributed by atoms with Gasteiger partial charge in [-0.2, -0.15) is 0 Å². The zero-order valence-electron chi connectivity index (χ0n) is 18.0. The molecule has 3 aromatic rings. The molecule has 0 aliphatic carbocycles. The number of hydrogen-bond donors (Lipinski definition) is 5. The molecule has 1 fully saturated rings. The first-order valence-corrected chi connectivity index (χ1v) is 12.5. The van der Waals surface area contributed by atoms with Crippen molar-refractivity contribution in [2.75, 3.05) is 11.9 Å². The zero-order chi connectivity index (χ0) is 26.0. The number of anilines is 1. The van der Waals surface area contributed by atoms with E-state index in [1.54, 1.807) is 30.3 Å². The molecular formula is C19H19IN5O10P. The largest absolute Gasteiger partial charge is 0.477 e. The van der Waals surface area contributed by atoms with Gasteiger partial charge in [0.05, 0.1) is 12.9 Å². The van der Waals surface area contributed by atoms with Crippen LogP contribution in [0.3, 0.4) is 0 Å². The molecule has 5 N–H and O–H groups in total. The van der Waals surface area contributed by atoms with E-state index in [2.05, 4.69) is 24.8 Å². The van der Waals surface area contributed by atoms with E-state index in [-0.39, 0.29) is 20.8 Å². The summed E-state index contributed by atoms with van der Waals surface area (Å²) in [5.41, 5.74) is 0.771. The van der Waals surface area contributed by atoms with Crippen LogP contribution in [-0.2, 0) is 23.4 Å². The fraction of sp³-hybridized carbons (Fsp3) is 0.316. The molecule has 0 radical (unpaired) electrons. The number of carboxylic acid groups (broad SMARTS) is 1. The number of aliphatic hydroxyl groups is 2. The third kappa shape index (κ3) is 5.70. The number of hydrogen-bond acceptors (Lipinski definition) is 11. The third-order valence-electron chi connectivity index (χ3n) is 5.09. The van der Waals surface area contributed by atoms with Crippen molar-refractivity contribution in [2.45, 2.75) is 30.8 Å². The molecule has 1 aliphatic rings. The monoisotopic (exact) mass is 635 g/mol. The first-order chi connectivity index (χ1) is 17.2. The van der Waals surface area contributed by atoms with Crippen LogP contribution in [0.25, 0.3) is 11.2 Å². The number of imidazole rings is 1. The van der Waals surface area contributed by atoms with Crippen molar-refractivity contribution in [1.29, 1.82) is 0 Å². The Morgan fingerprint density at radius 2 is 1.94 bits per heavy atom. The number of fused-ring (bicyclic) bond motifs is 1. The fourth-order valence-corrected chi connectivity index (χ4v) is 4.28. The number of nitrogens with one attached hydrogen (secondary N) is 1. The molecule has 0 bridgehead atoms. The normalized spacial score (nSPS) is 23.4. The van der Waals surface area contributed by atoms with Crippen LogP contribution in [0.2, 0.25) is 0 Å². The van der Waals surface area contributed by atoms with E-state index in [4.69, 9.17) is 19.5 Å². The van der Waals surface area contributed by atoms with E-state index < -0.39 is 57.6 Å². The lowest BCUT2D eigenvalue weighted by Gasteiger charge is -2.18. The number of aliphatic carboxylic acids is 1. The second-order valence-corrected chi connectivity index (χ2v) is 9.15. The SMILES string of the molecule is O=C(Nc1nc(I)nc2c1ncn2[C@@H]1O[C@H](COC(O[PH](=O)O)C(=O)O)[C@@H](O)[C@H]1O)c1ccccc1. The van der Waals surface area contributed by atoms with Crippen LogP contribution in [-0.4, -0.2) is 82.8 Å². The molecule has 4 rings (SSSR count). The highest BCUT2D eigenvalue weighted by Crippen LogP contribution is 2.33. The van der Waals surface area contributed by atoms with Crippen molar-refractivity contribution in [1.82, 2.24) is 19.5 Å². The Morgan fingerprint density at radius 3 is 2.61 bits per heavy atom. The van der Waals surface area contributed by atoms with Gasteiger partial charge in [0.25, 0.3) is 12.2 Å². The first kappa shape index (κ1) is 26.5. The van der Waals surface area contributed by atoms with Crippen molar-refractivity contribution in [3.8, 4) is 0 Å². The lowest BCUT2D eigenvalue weighted by molar-refractivity contribution is -0.179. The molecule has 1 aliphatic heterocycles. The number of benzene rings is 1. The van der Waals surface area contributed by atoms with Gasteiger partial charge in [-0.05, 0) is 12.1 Å². The predicted octanol–water partition coefficient (Wildman–Crippen LogP) is 0.128. The number of carboxylic acids is 1. The predicted molar refractivity (Wildman–Crippen MR) is 128 cm³/mol. The van der Waals surface area contributed by atoms with E-state index >= 15 is 0 Å². The molecular weight excluding hydrogens is 616 g/mol. The summed E-state index contributed by atoms with van der Waals surface area (Å²) in [6, 6.07) is 8.45. The summed E-state index contributed by atoms with van der Waals surface area (Å²) in [5, 5.41) is 32.7. The number of aromatic nitrogens is 4. The number of carbonyl (C=O) groups is 2. The molecule has 1 saturated heterocycles. The number of carbonyl (C=O) groups excluding carboxylic acids is 1. The minimum Gasteiger partial charge on any atom is -0.477 e. The summed E-state index contributed by atoms with van der Waals surface area (Å²) in [6.07, 6.45) is -6.28. The number of halogens is 1. The second-order valence-electron chi connectivity index (χ2n) is 7.42. The van der Waals surface area contributed by atoms with Crippen LogP contribution in [0.5, 0.6) is 0 Å². The number of nitrogens with zero attached hydrogens (tertiary/aromatic N) is 4. The summed E-state index contributed by atoms with van der Waals surface area (Å²) in [4.78, 5) is 45.3. The first-order valence-electron chi connectivity index (χ1n) is 10.2. The average molecular weight is 635 g/mol. The van der Waals surface area contributed by atoms with Gasteiger partial charge in [0.2, 0.25) is 0 Å². The van der Waals surface area contributed by atoms with Crippen molar-refractivity contribution in [3.05, 3.63) is 46.1 Å². The highest BCUT2D eigenvalue weighted by molar-refractivity contribution is 14.1. The molecule has 3 heterocycles. The lowest BCUT2D eigenvalue weighted by Crippen LogP contribution is -2.36. The van der Waals surface area contributed by atoms with Crippen molar-refractivity contribution < 1.29 is 48.4 Å². The van der Waals surface area contributed by atoms with Gasteiger partial charge in [-0.3, -0.25) is 18.5 Å². The van der Waals surface area contributed by atoms with E-state index in [1.807, 2.05) is 22.6 Å². The minimum atomic E-state index is -3.62. The van der Waals surface area contributed by atoms with Gasteiger partial charge in [0, 0.05) is 28.2 Å². The number of ether oxygens (including phenoxy) is 2. The van der Waals surface area contributed by atoms with Crippen LogP contribution in [0.15, 0.2) is 36.7 Å². The number of rotatable bonds is 9. The van der Waals surface area contributed by atoms with Gasteiger partial charge in [0.15, 0.2) is 27.0 Å². The molecule has 192 valence electrons. The van der Waals surface area contributed by atoms with Crippen LogP contribution >= 0.6 is 30.8 Å². The molecule has 17 heteroatoms. The van der Waals surface area contributed by atoms with Gasteiger partial charge in [-0.15, -0.1) is 0 Å². The number of aliphatic hydroxyl groups excluding tert-OH is 2. The zero-order valence-corrected chi connectivity index (χ0v) is 21.1. The Balaban J connectivity index is 1.55. The van der Waals surface area contributed by atoms with Crippen molar-refractivity contribution >= 4 is 59.7 Å². The highest BCUT2D eigenvalue weighted by Gasteiger charge is 2.45. The topological polar surface area (TPSA) is 215 Å². The minimum absolute atomic E-state index is 0.116. The molecule has 2 aromatic heterocycles. The quantitative estimate of drug-likeness (QED) is 0.0916. The Kier molecular flexibility index (Phi) is 8.26. The maximum atomic E-state index is 12.6. The van der Waals surface area contributed by atoms with E-state index in [1.165, 1.54) is 10.9 Å². The second kappa shape index (κ2) is 11.2. The summed E-state index contributed by atoms with van der Waals surface area (Å²) in [5.74, 6) is -1.97. The van der Waals surface area contributed by atoms with E-state index in [0.717, 1.165) is 0 Å². The molecule has 0 saturated carbocycles. The lowest BCUT2D eigenvalue weighted by atomic mass is 10.1. The molecule has 36 heavy (non-hydrogen) atoms. The molecule has 6 atom stereocenters. The van der Waals surface area contributed by atoms with E-state index in [9.17, 15) is 24.4 Å². The van der Waals surface area contributed by atoms with Crippen LogP contribution in [0.1, 0.15) is 16.6 Å². The summed E-state index contributed by atoms with van der Waals surface area (Å²) in [6.45, 7) is -0.585. The maximum Gasteiger partial charge on any atom is 0.361 e. The van der Waals surface area contributed by atoms with E-state index in [0.29, 0.717) is 5.56 Å². The standard InChI is InChI=1S/C19H19IN5O10P/c20-19-23-13(22-15(28)8-4-2-1-3-5-8)10-14(24-19)25(7-21-10)16-12(27)11(26)9(34-16)6-33-18(17(29)30)35-36(31)32/h1-5,7,9,11-12,16,18,26-27,36H,6H2,(H,29,30)(H,31,32)(H,22,23,24,28)/t9-,11-,12-,16-,18?/m1/s1. The Labute approximate surface area is 216 Å². The fourth-order valence-electron chi connectivity index (χ4n) is 3.46. The van der Waals surface area contributed by atoms with Crippen molar-refractivity contribution in [2.24, 2.45) is 0 Å². The third-order valence-corrected chi connectivity index (χ3v) is 5.99. The van der Waals surface area contributed by atoms with Crippen LogP contribution in [0, 0.1) is 3.83 Å². The molecule has 1 aromatic carbocycles. The molecule has 1 amide bonds. The Morgan fingerprint density at radius 1 is 1.22 bits per heavy atom. The van der Waals surface area contributed by atoms with Crippen molar-refractivity contribution in [3.63, 3.8) is 0 Å². The van der Waals surface area contributed by atoms with Gasteiger partial charge < -0.3 is 35.0 Å². The van der Waals surface area contributed by atoms with Gasteiger partial charge >= 0.3 is 14.2 Å².